The lowest BCUT2D eigenvalue weighted by atomic mass is 9.77. The van der Waals surface area contributed by atoms with Crippen LogP contribution in [0.3, 0.4) is 0 Å². The Morgan fingerprint density at radius 3 is 2.81 bits per heavy atom. The SMILES string of the molecule is CC(C)Cc1nc(CN2CC[C@]3(CCCN(CC4CCC4)C3=O)C2)no1. The van der Waals surface area contributed by atoms with Gasteiger partial charge >= 0.3 is 0 Å². The molecule has 3 aliphatic rings. The molecule has 0 bridgehead atoms. The second-order valence-corrected chi connectivity index (χ2v) is 9.09. The lowest BCUT2D eigenvalue weighted by Gasteiger charge is -2.42. The Bertz CT molecular complexity index is 640. The smallest absolute Gasteiger partial charge is 0.230 e. The highest BCUT2D eigenvalue weighted by molar-refractivity contribution is 5.84. The van der Waals surface area contributed by atoms with Crippen LogP contribution in [0.25, 0.3) is 0 Å². The third-order valence-electron chi connectivity index (χ3n) is 6.42. The molecule has 0 unspecified atom stereocenters. The van der Waals surface area contributed by atoms with E-state index in [1.807, 2.05) is 0 Å². The van der Waals surface area contributed by atoms with Crippen LogP contribution < -0.4 is 0 Å². The molecule has 0 aromatic carbocycles. The van der Waals surface area contributed by atoms with E-state index < -0.39 is 0 Å². The molecule has 2 aliphatic heterocycles. The van der Waals surface area contributed by atoms with Crippen LogP contribution in [0.4, 0.5) is 0 Å². The second-order valence-electron chi connectivity index (χ2n) is 9.09. The van der Waals surface area contributed by atoms with Gasteiger partial charge in [-0.1, -0.05) is 25.4 Å². The Balaban J connectivity index is 1.35. The third kappa shape index (κ3) is 3.66. The Hall–Kier alpha value is -1.43. The summed E-state index contributed by atoms with van der Waals surface area (Å²) < 4.78 is 5.36. The number of amides is 1. The van der Waals surface area contributed by atoms with Crippen molar-refractivity contribution in [2.75, 3.05) is 26.2 Å². The zero-order chi connectivity index (χ0) is 18.1. The van der Waals surface area contributed by atoms with Crippen LogP contribution in [0.2, 0.25) is 0 Å². The summed E-state index contributed by atoms with van der Waals surface area (Å²) in [6.07, 6.45) is 7.94. The predicted molar refractivity (Wildman–Crippen MR) is 98.3 cm³/mol. The van der Waals surface area contributed by atoms with Gasteiger partial charge in [-0.2, -0.15) is 4.98 Å². The first kappa shape index (κ1) is 18.0. The van der Waals surface area contributed by atoms with Gasteiger partial charge in [-0.05, 0) is 50.5 Å². The maximum absolute atomic E-state index is 13.2. The van der Waals surface area contributed by atoms with Crippen LogP contribution in [0.1, 0.15) is 64.1 Å². The summed E-state index contributed by atoms with van der Waals surface area (Å²) in [5, 5.41) is 4.14. The highest BCUT2D eigenvalue weighted by Crippen LogP contribution is 2.41. The molecule has 3 heterocycles. The van der Waals surface area contributed by atoms with E-state index >= 15 is 0 Å². The second kappa shape index (κ2) is 7.29. The summed E-state index contributed by atoms with van der Waals surface area (Å²) in [4.78, 5) is 22.2. The Labute approximate surface area is 156 Å². The molecule has 1 spiro atoms. The number of hydrogen-bond acceptors (Lipinski definition) is 5. The summed E-state index contributed by atoms with van der Waals surface area (Å²) in [6, 6.07) is 0. The lowest BCUT2D eigenvalue weighted by Crippen LogP contribution is -2.51. The Morgan fingerprint density at radius 1 is 1.23 bits per heavy atom. The van der Waals surface area contributed by atoms with Crippen LogP contribution in [-0.2, 0) is 17.8 Å². The highest BCUT2D eigenvalue weighted by atomic mass is 16.5. The number of nitrogens with zero attached hydrogens (tertiary/aromatic N) is 4. The van der Waals surface area contributed by atoms with Crippen LogP contribution in [0.15, 0.2) is 4.52 Å². The molecule has 1 saturated carbocycles. The minimum atomic E-state index is -0.160. The van der Waals surface area contributed by atoms with Crippen molar-refractivity contribution in [2.24, 2.45) is 17.3 Å². The normalized spacial score (nSPS) is 27.7. The maximum Gasteiger partial charge on any atom is 0.230 e. The van der Waals surface area contributed by atoms with Crippen LogP contribution in [0.5, 0.6) is 0 Å². The average molecular weight is 361 g/mol. The standard InChI is InChI=1S/C20H32N4O2/c1-15(2)11-18-21-17(22-26-18)13-23-10-8-20(14-23)7-4-9-24(19(20)25)12-16-5-3-6-16/h15-16H,3-14H2,1-2H3/t20-/m1/s1. The molecule has 0 N–H and O–H groups in total. The van der Waals surface area contributed by atoms with Gasteiger partial charge in [0.2, 0.25) is 11.8 Å². The van der Waals surface area contributed by atoms with E-state index in [0.717, 1.165) is 69.5 Å². The number of piperidine rings is 1. The molecule has 2 saturated heterocycles. The fourth-order valence-electron chi connectivity index (χ4n) is 4.77. The number of hydrogen-bond donors (Lipinski definition) is 0. The number of rotatable bonds is 6. The monoisotopic (exact) mass is 360 g/mol. The molecule has 6 heteroatoms. The molecule has 0 radical (unpaired) electrons. The average Bonchev–Trinajstić information content (AvgIpc) is 3.15. The quantitative estimate of drug-likeness (QED) is 0.780. The van der Waals surface area contributed by atoms with Crippen molar-refractivity contribution in [3.05, 3.63) is 11.7 Å². The Morgan fingerprint density at radius 2 is 2.08 bits per heavy atom. The van der Waals surface area contributed by atoms with Gasteiger partial charge in [0.25, 0.3) is 0 Å². The Kier molecular flexibility index (Phi) is 5.04. The van der Waals surface area contributed by atoms with Crippen LogP contribution >= 0.6 is 0 Å². The van der Waals surface area contributed by atoms with Gasteiger partial charge in [0.15, 0.2) is 5.82 Å². The molecule has 144 valence electrons. The number of likely N-dealkylation sites (tertiary alicyclic amines) is 2. The van der Waals surface area contributed by atoms with Gasteiger partial charge in [-0.25, -0.2) is 0 Å². The first-order valence-electron chi connectivity index (χ1n) is 10.4. The van der Waals surface area contributed by atoms with E-state index in [2.05, 4.69) is 33.8 Å². The fraction of sp³-hybridized carbons (Fsp3) is 0.850. The third-order valence-corrected chi connectivity index (χ3v) is 6.42. The molecular weight excluding hydrogens is 328 g/mol. The molecular formula is C20H32N4O2. The van der Waals surface area contributed by atoms with Crippen molar-refractivity contribution >= 4 is 5.91 Å². The number of aromatic nitrogens is 2. The summed E-state index contributed by atoms with van der Waals surface area (Å²) >= 11 is 0. The summed E-state index contributed by atoms with van der Waals surface area (Å²) in [5.41, 5.74) is -0.160. The molecule has 26 heavy (non-hydrogen) atoms. The molecule has 1 amide bonds. The minimum Gasteiger partial charge on any atom is -0.342 e. The first-order chi connectivity index (χ1) is 12.5. The minimum absolute atomic E-state index is 0.160. The molecule has 3 fully saturated rings. The van der Waals surface area contributed by atoms with Crippen molar-refractivity contribution < 1.29 is 9.32 Å². The first-order valence-corrected chi connectivity index (χ1v) is 10.4. The summed E-state index contributed by atoms with van der Waals surface area (Å²) in [6.45, 7) is 8.75. The summed E-state index contributed by atoms with van der Waals surface area (Å²) in [5.74, 6) is 3.16. The van der Waals surface area contributed by atoms with Crippen molar-refractivity contribution in [3.8, 4) is 0 Å². The largest absolute Gasteiger partial charge is 0.342 e. The molecule has 1 aromatic heterocycles. The van der Waals surface area contributed by atoms with Crippen molar-refractivity contribution in [3.63, 3.8) is 0 Å². The van der Waals surface area contributed by atoms with Crippen molar-refractivity contribution in [1.82, 2.24) is 19.9 Å². The predicted octanol–water partition coefficient (Wildman–Crippen LogP) is 2.88. The molecule has 1 atom stereocenters. The zero-order valence-electron chi connectivity index (χ0n) is 16.2. The van der Waals surface area contributed by atoms with Gasteiger partial charge < -0.3 is 9.42 Å². The van der Waals surface area contributed by atoms with Crippen molar-refractivity contribution in [2.45, 2.75) is 65.3 Å². The van der Waals surface area contributed by atoms with E-state index in [0.29, 0.717) is 18.4 Å². The van der Waals surface area contributed by atoms with Gasteiger partial charge in [-0.3, -0.25) is 9.69 Å². The van der Waals surface area contributed by atoms with Gasteiger partial charge in [0.05, 0.1) is 12.0 Å². The van der Waals surface area contributed by atoms with E-state index in [1.165, 1.54) is 19.3 Å². The van der Waals surface area contributed by atoms with Gasteiger partial charge in [-0.15, -0.1) is 0 Å². The van der Waals surface area contributed by atoms with E-state index in [4.69, 9.17) is 4.52 Å². The fourth-order valence-corrected chi connectivity index (χ4v) is 4.77. The molecule has 1 aromatic rings. The van der Waals surface area contributed by atoms with Gasteiger partial charge in [0.1, 0.15) is 0 Å². The zero-order valence-corrected chi connectivity index (χ0v) is 16.2. The maximum atomic E-state index is 13.2. The summed E-state index contributed by atoms with van der Waals surface area (Å²) in [7, 11) is 0. The van der Waals surface area contributed by atoms with E-state index in [9.17, 15) is 4.79 Å². The number of carbonyl (C=O) groups is 1. The van der Waals surface area contributed by atoms with Crippen molar-refractivity contribution in [1.29, 1.82) is 0 Å². The van der Waals surface area contributed by atoms with E-state index in [-0.39, 0.29) is 5.41 Å². The highest BCUT2D eigenvalue weighted by Gasteiger charge is 2.48. The molecule has 6 nitrogen and oxygen atoms in total. The molecule has 1 aliphatic carbocycles. The van der Waals surface area contributed by atoms with E-state index in [1.54, 1.807) is 0 Å². The van der Waals surface area contributed by atoms with Crippen LogP contribution in [0, 0.1) is 17.3 Å². The van der Waals surface area contributed by atoms with Gasteiger partial charge in [0, 0.05) is 26.1 Å². The topological polar surface area (TPSA) is 62.5 Å². The van der Waals surface area contributed by atoms with Crippen LogP contribution in [-0.4, -0.2) is 52.0 Å². The number of carbonyl (C=O) groups excluding carboxylic acids is 1. The lowest BCUT2D eigenvalue weighted by molar-refractivity contribution is -0.146. The molecule has 4 rings (SSSR count).